The third kappa shape index (κ3) is 40.6. The van der Waals surface area contributed by atoms with Crippen molar-refractivity contribution in [1.29, 1.82) is 0 Å². The molecule has 2 N–H and O–H groups in total. The van der Waals surface area contributed by atoms with Gasteiger partial charge in [0.2, 0.25) is 0 Å². The molecule has 0 fully saturated rings. The summed E-state index contributed by atoms with van der Waals surface area (Å²) in [6.45, 7) is 2.30. The number of carbonyl (C=O) groups is 2. The minimum atomic E-state index is -1.44. The Hall–Kier alpha value is 3.17. The van der Waals surface area contributed by atoms with Gasteiger partial charge in [-0.15, -0.1) is 0 Å². The van der Waals surface area contributed by atoms with Crippen LogP contribution in [0.3, 0.4) is 0 Å². The molecule has 0 aliphatic rings. The summed E-state index contributed by atoms with van der Waals surface area (Å²) < 4.78 is 1.51. The quantitative estimate of drug-likeness (QED) is 0.146. The zero-order chi connectivity index (χ0) is 22.2. The van der Waals surface area contributed by atoms with Crippen LogP contribution in [0.1, 0.15) is 122 Å². The number of aliphatic carboxylic acids is 2. The van der Waals surface area contributed by atoms with Crippen LogP contribution in [0.15, 0.2) is 0 Å². The molecule has 8 heteroatoms. The number of nitrogens with two attached hydrogens (primary N) is 1. The Morgan fingerprint density at radius 1 is 0.710 bits per heavy atom. The van der Waals surface area contributed by atoms with Crippen LogP contribution in [-0.4, -0.2) is 45.9 Å². The summed E-state index contributed by atoms with van der Waals surface area (Å²) in [5.74, 6) is -2.75. The van der Waals surface area contributed by atoms with Crippen LogP contribution in [0.25, 0.3) is 0 Å². The van der Waals surface area contributed by atoms with Gasteiger partial charge < -0.3 is 25.5 Å². The third-order valence-corrected chi connectivity index (χ3v) is 5.88. The number of carboxylic acids is 2. The van der Waals surface area contributed by atoms with Gasteiger partial charge in [0.05, 0.1) is 5.97 Å². The minimum Gasteiger partial charge on any atom is -0.550 e. The standard InChI is InChI=1S/C18H37.C5H9NO4.2K.Na/c1-3-5-7-9-11-13-15-17-18-16-14-12-10-8-6-4-2;6-3(5(9)10)1-2-4(7)8;;;/h1,3-18H2,2H3;3H,1-2,6H2,(H,7,8)(H,9,10);;;/q;;2*+1;/p-2. The van der Waals surface area contributed by atoms with Crippen LogP contribution in [0.5, 0.6) is 0 Å². The van der Waals surface area contributed by atoms with Crippen LogP contribution < -0.4 is 119 Å². The summed E-state index contributed by atoms with van der Waals surface area (Å²) in [4.78, 5) is 19.6. The molecule has 0 aliphatic carbocycles. The average molecular weight is 500 g/mol. The maximum Gasteiger partial charge on any atom is 1.00 e. The zero-order valence-corrected chi connectivity index (χ0v) is 29.5. The van der Waals surface area contributed by atoms with Gasteiger partial charge in [0.1, 0.15) is 0 Å². The molecule has 168 valence electrons. The summed E-state index contributed by atoms with van der Waals surface area (Å²) in [6, 6.07) is -1.21. The molecule has 5 nitrogen and oxygen atoms in total. The number of unbranched alkanes of at least 4 members (excludes halogenated alkanes) is 15. The number of carboxylic acid groups (broad SMARTS) is 2. The molecule has 0 aliphatic heterocycles. The van der Waals surface area contributed by atoms with Crippen molar-refractivity contribution >= 4 is 39.9 Å². The molecule has 31 heavy (non-hydrogen) atoms. The van der Waals surface area contributed by atoms with Gasteiger partial charge in [0.15, 0.2) is 0 Å². The van der Waals surface area contributed by atoms with E-state index in [-0.39, 0.29) is 116 Å². The third-order valence-electron chi connectivity index (χ3n) is 5.17. The van der Waals surface area contributed by atoms with Crippen molar-refractivity contribution in [3.05, 3.63) is 0 Å². The molecule has 0 radical (unpaired) electrons. The largest absolute Gasteiger partial charge is 1.00 e. The van der Waals surface area contributed by atoms with E-state index in [0.717, 1.165) is 0 Å². The maximum atomic E-state index is 9.86. The predicted molar refractivity (Wildman–Crippen MR) is 117 cm³/mol. The van der Waals surface area contributed by atoms with Gasteiger partial charge in [-0.25, -0.2) is 0 Å². The Bertz CT molecular complexity index is 361. The first-order chi connectivity index (χ1) is 14.0. The van der Waals surface area contributed by atoms with E-state index < -0.39 is 18.0 Å². The van der Waals surface area contributed by atoms with Gasteiger partial charge in [-0.1, -0.05) is 39.0 Å². The van der Waals surface area contributed by atoms with Crippen LogP contribution in [0.2, 0.25) is 3.67 Å². The molecule has 0 aromatic rings. The number of hydrogen-bond acceptors (Lipinski definition) is 5. The number of rotatable bonds is 20. The molecule has 0 aromatic carbocycles. The summed E-state index contributed by atoms with van der Waals surface area (Å²) in [6.07, 6.45) is 23.2. The predicted octanol–water partition coefficient (Wildman–Crippen LogP) is -2.56. The zero-order valence-electron chi connectivity index (χ0n) is 21.2. The Labute approximate surface area is 294 Å². The number of carbonyl (C=O) groups excluding carboxylic acids is 2. The summed E-state index contributed by atoms with van der Waals surface area (Å²) in [5.41, 5.74) is 4.91. The van der Waals surface area contributed by atoms with Crippen LogP contribution in [-0.2, 0) is 9.59 Å². The normalized spacial score (nSPS) is 10.8. The fraction of sp³-hybridized carbons (Fsp3) is 0.913. The first-order valence-corrected chi connectivity index (χ1v) is 13.5. The van der Waals surface area contributed by atoms with Crippen molar-refractivity contribution in [3.8, 4) is 0 Å². The molecule has 0 spiro atoms. The summed E-state index contributed by atoms with van der Waals surface area (Å²) in [5, 5.41) is 19.6. The molecule has 0 saturated carbocycles. The fourth-order valence-corrected chi connectivity index (χ4v) is 3.69. The molecule has 0 heterocycles. The smallest absolute Gasteiger partial charge is 0.550 e. The first kappa shape index (κ1) is 41.3. The summed E-state index contributed by atoms with van der Waals surface area (Å²) >= 11 is 1.41. The van der Waals surface area contributed by atoms with Gasteiger partial charge in [0, 0.05) is 12.0 Å². The van der Waals surface area contributed by atoms with Crippen molar-refractivity contribution in [2.24, 2.45) is 5.73 Å². The van der Waals surface area contributed by atoms with E-state index in [9.17, 15) is 19.8 Å². The van der Waals surface area contributed by atoms with E-state index in [1.807, 2.05) is 0 Å². The second-order valence-corrected chi connectivity index (χ2v) is 9.14. The molecule has 0 rings (SSSR count). The Morgan fingerprint density at radius 3 is 1.29 bits per heavy atom. The molecule has 0 saturated heterocycles. The molecular weight excluding hydrogens is 455 g/mol. The van der Waals surface area contributed by atoms with Crippen molar-refractivity contribution in [2.75, 3.05) is 0 Å². The average Bonchev–Trinajstić information content (AvgIpc) is 2.69. The molecule has 0 aromatic heterocycles. The van der Waals surface area contributed by atoms with E-state index in [2.05, 4.69) is 6.92 Å². The topological polar surface area (TPSA) is 106 Å². The Kier molecular flexibility index (Phi) is 47.1. The van der Waals surface area contributed by atoms with E-state index >= 15 is 0 Å². The van der Waals surface area contributed by atoms with Gasteiger partial charge in [-0.2, -0.15) is 0 Å². The number of hydrogen-bond donors (Lipinski definition) is 1. The SMILES string of the molecule is CCCCCCCCCCCCCCCCC[CH2][Na].NC(CCC(=O)[O-])C(=O)[O-].[K+].[K+]. The van der Waals surface area contributed by atoms with Crippen molar-refractivity contribution in [3.63, 3.8) is 0 Å². The first-order valence-electron chi connectivity index (χ1n) is 12.1. The van der Waals surface area contributed by atoms with Crippen molar-refractivity contribution in [2.45, 2.75) is 132 Å². The Balaban J connectivity index is -0.000000260. The maximum absolute atomic E-state index is 9.86. The van der Waals surface area contributed by atoms with Crippen molar-refractivity contribution < 1.29 is 123 Å². The molecule has 0 bridgehead atoms. The monoisotopic (exact) mass is 499 g/mol. The summed E-state index contributed by atoms with van der Waals surface area (Å²) in [7, 11) is 0. The molecule has 1 atom stereocenters. The minimum absolute atomic E-state index is 0. The second-order valence-electron chi connectivity index (χ2n) is 8.14. The van der Waals surface area contributed by atoms with E-state index in [1.54, 1.807) is 0 Å². The van der Waals surface area contributed by atoms with Crippen LogP contribution >= 0.6 is 0 Å². The van der Waals surface area contributed by atoms with E-state index in [4.69, 9.17) is 5.73 Å². The van der Waals surface area contributed by atoms with Gasteiger partial charge in [-0.05, 0) is 12.8 Å². The second kappa shape index (κ2) is 35.3. The molecule has 1 unspecified atom stereocenters. The fourth-order valence-electron chi connectivity index (χ4n) is 3.19. The van der Waals surface area contributed by atoms with Crippen molar-refractivity contribution in [1.82, 2.24) is 0 Å². The van der Waals surface area contributed by atoms with Crippen LogP contribution in [0.4, 0.5) is 0 Å². The molecular formula is C23H44K2NNaO4. The van der Waals surface area contributed by atoms with Gasteiger partial charge in [0.25, 0.3) is 0 Å². The van der Waals surface area contributed by atoms with E-state index in [1.165, 1.54) is 134 Å². The van der Waals surface area contributed by atoms with E-state index in [0.29, 0.717) is 0 Å². The molecule has 0 amide bonds. The van der Waals surface area contributed by atoms with Gasteiger partial charge in [-0.3, -0.25) is 0 Å². The Morgan fingerprint density at radius 2 is 1.03 bits per heavy atom. The van der Waals surface area contributed by atoms with Gasteiger partial charge >= 0.3 is 205 Å². The van der Waals surface area contributed by atoms with Crippen LogP contribution in [0, 0.1) is 0 Å².